The van der Waals surface area contributed by atoms with Crippen LogP contribution in [-0.2, 0) is 18.9 Å². The lowest BCUT2D eigenvalue weighted by molar-refractivity contribution is -0.141. The Balaban J connectivity index is 0.939. The standard InChI is InChI=1S/C44H58BNO5/c1-7-8-9-10-31-11-13-32(14-12-31)33-15-17-34(18-16-33)35-23-26-39(27-24-35)49-42(48)37-21-19-36(20-22-37)41(47)46-38-25-28-40(30(2)29-38)45-50-43(3,4)44(5,6)51-45/h15-18,23-29,31-32,36-37H,7-14,19-22H2,1-6H3,(H,46,47)/t31-,32-,36?,37?. The Morgan fingerprint density at radius 1 is 0.765 bits per heavy atom. The number of carbonyl (C=O) groups is 2. The van der Waals surface area contributed by atoms with Crippen LogP contribution in [0.4, 0.5) is 5.69 Å². The Labute approximate surface area is 306 Å². The first kappa shape index (κ1) is 37.3. The Bertz CT molecular complexity index is 1620. The van der Waals surface area contributed by atoms with E-state index < -0.39 is 18.3 Å². The van der Waals surface area contributed by atoms with E-state index in [1.807, 2.05) is 77.1 Å². The summed E-state index contributed by atoms with van der Waals surface area (Å²) in [5, 5.41) is 3.10. The maximum Gasteiger partial charge on any atom is 0.495 e. The zero-order valence-corrected chi connectivity index (χ0v) is 31.8. The molecular formula is C44H58BNO5. The molecule has 1 aliphatic heterocycles. The fourth-order valence-corrected chi connectivity index (χ4v) is 8.15. The number of esters is 1. The van der Waals surface area contributed by atoms with Gasteiger partial charge < -0.3 is 19.4 Å². The molecule has 1 amide bonds. The monoisotopic (exact) mass is 691 g/mol. The van der Waals surface area contributed by atoms with Crippen LogP contribution in [0, 0.1) is 24.7 Å². The molecule has 3 aromatic rings. The topological polar surface area (TPSA) is 73.9 Å². The molecule has 2 aliphatic carbocycles. The SMILES string of the molecule is CCCCC[C@H]1CC[C@H](c2ccc(-c3ccc(OC(=O)C4CCC(C(=O)Nc5ccc(B6OC(C)(C)C(C)(C)O6)c(C)c5)CC4)cc3)cc2)CC1. The minimum Gasteiger partial charge on any atom is -0.426 e. The summed E-state index contributed by atoms with van der Waals surface area (Å²) >= 11 is 0. The van der Waals surface area contributed by atoms with Crippen LogP contribution in [0.1, 0.15) is 129 Å². The molecule has 6 nitrogen and oxygen atoms in total. The summed E-state index contributed by atoms with van der Waals surface area (Å²) < 4.78 is 18.3. The molecule has 1 saturated heterocycles. The van der Waals surface area contributed by atoms with Crippen molar-refractivity contribution in [2.75, 3.05) is 5.32 Å². The van der Waals surface area contributed by atoms with Gasteiger partial charge in [0.2, 0.25) is 5.91 Å². The first-order valence-electron chi connectivity index (χ1n) is 19.6. The molecule has 1 N–H and O–H groups in total. The van der Waals surface area contributed by atoms with E-state index in [0.29, 0.717) is 37.4 Å². The highest BCUT2D eigenvalue weighted by Gasteiger charge is 2.52. The summed E-state index contributed by atoms with van der Waals surface area (Å²) in [6, 6.07) is 22.8. The second-order valence-corrected chi connectivity index (χ2v) is 16.5. The minimum atomic E-state index is -0.440. The second-order valence-electron chi connectivity index (χ2n) is 16.5. The number of anilines is 1. The van der Waals surface area contributed by atoms with E-state index >= 15 is 0 Å². The number of amides is 1. The van der Waals surface area contributed by atoms with Crippen molar-refractivity contribution in [2.45, 2.75) is 136 Å². The Morgan fingerprint density at radius 2 is 1.35 bits per heavy atom. The van der Waals surface area contributed by atoms with Gasteiger partial charge in [-0.3, -0.25) is 9.59 Å². The Morgan fingerprint density at radius 3 is 1.94 bits per heavy atom. The van der Waals surface area contributed by atoms with Crippen LogP contribution in [0.25, 0.3) is 11.1 Å². The third-order valence-corrected chi connectivity index (χ3v) is 12.3. The molecule has 3 aliphatic rings. The molecule has 0 aromatic heterocycles. The third kappa shape index (κ3) is 8.97. The number of ether oxygens (including phenoxy) is 1. The molecule has 0 atom stereocenters. The molecule has 51 heavy (non-hydrogen) atoms. The van der Waals surface area contributed by atoms with Crippen molar-refractivity contribution >= 4 is 30.1 Å². The molecule has 7 heteroatoms. The summed E-state index contributed by atoms with van der Waals surface area (Å²) in [6.07, 6.45) is 13.4. The van der Waals surface area contributed by atoms with Gasteiger partial charge in [-0.2, -0.15) is 0 Å². The molecule has 0 bridgehead atoms. The fourth-order valence-electron chi connectivity index (χ4n) is 8.15. The minimum absolute atomic E-state index is 0.00148. The summed E-state index contributed by atoms with van der Waals surface area (Å²) in [4.78, 5) is 26.3. The van der Waals surface area contributed by atoms with E-state index in [4.69, 9.17) is 14.0 Å². The van der Waals surface area contributed by atoms with Gasteiger partial charge in [0, 0.05) is 11.6 Å². The van der Waals surface area contributed by atoms with E-state index in [9.17, 15) is 9.59 Å². The van der Waals surface area contributed by atoms with E-state index in [1.165, 1.54) is 62.5 Å². The molecule has 6 rings (SSSR count). The van der Waals surface area contributed by atoms with Crippen molar-refractivity contribution < 1.29 is 23.6 Å². The first-order chi connectivity index (χ1) is 24.4. The predicted molar refractivity (Wildman–Crippen MR) is 207 cm³/mol. The van der Waals surface area contributed by atoms with Crippen molar-refractivity contribution in [3.05, 3.63) is 77.9 Å². The lowest BCUT2D eigenvalue weighted by atomic mass is 9.76. The van der Waals surface area contributed by atoms with Gasteiger partial charge in [0.1, 0.15) is 5.75 Å². The predicted octanol–water partition coefficient (Wildman–Crippen LogP) is 10.2. The molecule has 1 heterocycles. The van der Waals surface area contributed by atoms with Crippen LogP contribution in [0.3, 0.4) is 0 Å². The highest BCUT2D eigenvalue weighted by Crippen LogP contribution is 2.39. The number of hydrogen-bond acceptors (Lipinski definition) is 5. The summed E-state index contributed by atoms with van der Waals surface area (Å²) in [5.41, 5.74) is 5.67. The lowest BCUT2D eigenvalue weighted by Crippen LogP contribution is -2.41. The van der Waals surface area contributed by atoms with Gasteiger partial charge in [-0.25, -0.2) is 0 Å². The van der Waals surface area contributed by atoms with Crippen LogP contribution in [0.2, 0.25) is 0 Å². The highest BCUT2D eigenvalue weighted by atomic mass is 16.7. The average molecular weight is 692 g/mol. The lowest BCUT2D eigenvalue weighted by Gasteiger charge is -2.32. The van der Waals surface area contributed by atoms with Crippen molar-refractivity contribution in [3.63, 3.8) is 0 Å². The van der Waals surface area contributed by atoms with E-state index in [2.05, 4.69) is 36.5 Å². The molecule has 272 valence electrons. The second kappa shape index (κ2) is 16.1. The number of carbonyl (C=O) groups excluding carboxylic acids is 2. The molecule has 3 aromatic carbocycles. The quantitative estimate of drug-likeness (QED) is 0.0938. The van der Waals surface area contributed by atoms with Gasteiger partial charge in [0.05, 0.1) is 17.1 Å². The maximum absolute atomic E-state index is 13.2. The van der Waals surface area contributed by atoms with Crippen LogP contribution in [-0.4, -0.2) is 30.2 Å². The molecule has 0 unspecified atom stereocenters. The maximum atomic E-state index is 13.2. The first-order valence-corrected chi connectivity index (χ1v) is 19.6. The van der Waals surface area contributed by atoms with Crippen LogP contribution < -0.4 is 15.5 Å². The van der Waals surface area contributed by atoms with Gasteiger partial charge in [-0.05, 0) is 150 Å². The number of unbranched alkanes of at least 4 members (excludes halogenated alkanes) is 2. The van der Waals surface area contributed by atoms with Crippen LogP contribution in [0.5, 0.6) is 5.75 Å². The van der Waals surface area contributed by atoms with E-state index in [0.717, 1.165) is 28.2 Å². The molecule has 2 saturated carbocycles. The average Bonchev–Trinajstić information content (AvgIpc) is 3.34. The van der Waals surface area contributed by atoms with Crippen LogP contribution >= 0.6 is 0 Å². The zero-order valence-electron chi connectivity index (χ0n) is 31.8. The van der Waals surface area contributed by atoms with Gasteiger partial charge in [-0.15, -0.1) is 0 Å². The largest absolute Gasteiger partial charge is 0.495 e. The zero-order chi connectivity index (χ0) is 36.2. The molecule has 0 spiro atoms. The van der Waals surface area contributed by atoms with Gasteiger partial charge >= 0.3 is 13.1 Å². The molecule has 3 fully saturated rings. The fraction of sp³-hybridized carbons (Fsp3) is 0.545. The van der Waals surface area contributed by atoms with Gasteiger partial charge in [0.15, 0.2) is 0 Å². The van der Waals surface area contributed by atoms with Crippen molar-refractivity contribution in [2.24, 2.45) is 17.8 Å². The summed E-state index contributed by atoms with van der Waals surface area (Å²) in [7, 11) is -0.440. The normalized spacial score (nSPS) is 24.2. The van der Waals surface area contributed by atoms with Crippen LogP contribution in [0.15, 0.2) is 66.7 Å². The van der Waals surface area contributed by atoms with Crippen molar-refractivity contribution in [1.82, 2.24) is 0 Å². The summed E-state index contributed by atoms with van der Waals surface area (Å²) in [6.45, 7) is 12.5. The third-order valence-electron chi connectivity index (χ3n) is 12.3. The van der Waals surface area contributed by atoms with E-state index in [-0.39, 0.29) is 23.7 Å². The van der Waals surface area contributed by atoms with Crippen molar-refractivity contribution in [1.29, 1.82) is 0 Å². The van der Waals surface area contributed by atoms with Gasteiger partial charge in [0.25, 0.3) is 0 Å². The molecular weight excluding hydrogens is 633 g/mol. The van der Waals surface area contributed by atoms with Gasteiger partial charge in [-0.1, -0.05) is 75.1 Å². The number of benzene rings is 3. The summed E-state index contributed by atoms with van der Waals surface area (Å²) in [5.74, 6) is 1.63. The number of nitrogens with one attached hydrogen (secondary N) is 1. The van der Waals surface area contributed by atoms with Crippen molar-refractivity contribution in [3.8, 4) is 16.9 Å². The molecule has 0 radical (unpaired) electrons. The van der Waals surface area contributed by atoms with E-state index in [1.54, 1.807) is 0 Å². The number of aryl methyl sites for hydroxylation is 1. The number of rotatable bonds is 11. The smallest absolute Gasteiger partial charge is 0.426 e. The Kier molecular flexibility index (Phi) is 11.8. The number of hydrogen-bond donors (Lipinski definition) is 1. The highest BCUT2D eigenvalue weighted by molar-refractivity contribution is 6.62. The Hall–Kier alpha value is -3.42.